The van der Waals surface area contributed by atoms with Crippen molar-refractivity contribution in [3.63, 3.8) is 0 Å². The van der Waals surface area contributed by atoms with Gasteiger partial charge in [0.15, 0.2) is 5.58 Å². The normalized spacial score (nSPS) is 14.2. The van der Waals surface area contributed by atoms with Crippen LogP contribution in [0.3, 0.4) is 0 Å². The molecule has 0 amide bonds. The van der Waals surface area contributed by atoms with Crippen molar-refractivity contribution in [2.24, 2.45) is 0 Å². The maximum Gasteiger partial charge on any atom is 0.326 e. The van der Waals surface area contributed by atoms with Crippen LogP contribution < -0.4 is 5.32 Å². The molecular weight excluding hydrogens is 276 g/mol. The number of thioether (sulfide) groups is 1. The van der Waals surface area contributed by atoms with Gasteiger partial charge in [-0.1, -0.05) is 23.9 Å². The first-order valence-electron chi connectivity index (χ1n) is 6.43. The van der Waals surface area contributed by atoms with Gasteiger partial charge in [-0.2, -0.15) is 0 Å². The molecular formula is C14H18N2O3S. The Morgan fingerprint density at radius 1 is 1.50 bits per heavy atom. The Labute approximate surface area is 122 Å². The predicted molar refractivity (Wildman–Crippen MR) is 78.8 cm³/mol. The predicted octanol–water partition coefficient (Wildman–Crippen LogP) is 2.46. The van der Waals surface area contributed by atoms with Gasteiger partial charge in [-0.25, -0.2) is 4.98 Å². The molecule has 2 rings (SSSR count). The molecule has 0 bridgehead atoms. The van der Waals surface area contributed by atoms with Crippen LogP contribution in [-0.2, 0) is 9.53 Å². The Kier molecular flexibility index (Phi) is 4.67. The van der Waals surface area contributed by atoms with Crippen LogP contribution in [0.1, 0.15) is 13.8 Å². The first-order valence-corrected chi connectivity index (χ1v) is 7.42. The molecule has 2 aromatic rings. The van der Waals surface area contributed by atoms with Gasteiger partial charge in [0.2, 0.25) is 0 Å². The number of fused-ring (bicyclic) bond motifs is 1. The standard InChI is InChI=1S/C14H18N2O3S/c1-4-18-12(17)14(2,15-3)9-20-13-16-10-7-5-6-8-11(10)19-13/h5-8,15H,4,9H2,1-3H3. The number of hydrogen-bond donors (Lipinski definition) is 1. The van der Waals surface area contributed by atoms with Crippen LogP contribution in [0.2, 0.25) is 0 Å². The molecule has 108 valence electrons. The lowest BCUT2D eigenvalue weighted by Gasteiger charge is -2.25. The van der Waals surface area contributed by atoms with E-state index in [0.717, 1.165) is 11.1 Å². The van der Waals surface area contributed by atoms with Crippen LogP contribution >= 0.6 is 11.8 Å². The summed E-state index contributed by atoms with van der Waals surface area (Å²) in [5, 5.41) is 3.55. The molecule has 1 atom stereocenters. The van der Waals surface area contributed by atoms with Crippen molar-refractivity contribution in [3.05, 3.63) is 24.3 Å². The molecule has 0 spiro atoms. The lowest BCUT2D eigenvalue weighted by Crippen LogP contribution is -2.50. The number of ether oxygens (including phenoxy) is 1. The number of nitrogens with zero attached hydrogens (tertiary/aromatic N) is 1. The Hall–Kier alpha value is -1.53. The Morgan fingerprint density at radius 3 is 2.90 bits per heavy atom. The first-order chi connectivity index (χ1) is 9.59. The average molecular weight is 294 g/mol. The van der Waals surface area contributed by atoms with Crippen LogP contribution in [0, 0.1) is 0 Å². The highest BCUT2D eigenvalue weighted by Crippen LogP contribution is 2.26. The van der Waals surface area contributed by atoms with E-state index in [1.54, 1.807) is 20.9 Å². The Bertz CT molecular complexity index is 566. The van der Waals surface area contributed by atoms with Gasteiger partial charge in [0.1, 0.15) is 11.1 Å². The summed E-state index contributed by atoms with van der Waals surface area (Å²) in [6.45, 7) is 3.96. The zero-order chi connectivity index (χ0) is 14.6. The van der Waals surface area contributed by atoms with Crippen molar-refractivity contribution in [2.75, 3.05) is 19.4 Å². The molecule has 1 aromatic heterocycles. The van der Waals surface area contributed by atoms with Gasteiger partial charge >= 0.3 is 5.97 Å². The minimum Gasteiger partial charge on any atom is -0.465 e. The molecule has 6 heteroatoms. The Morgan fingerprint density at radius 2 is 2.25 bits per heavy atom. The van der Waals surface area contributed by atoms with Crippen molar-refractivity contribution >= 4 is 28.8 Å². The molecule has 1 heterocycles. The van der Waals surface area contributed by atoms with E-state index in [1.165, 1.54) is 11.8 Å². The number of para-hydroxylation sites is 2. The number of rotatable bonds is 6. The van der Waals surface area contributed by atoms with Crippen LogP contribution in [0.25, 0.3) is 11.1 Å². The summed E-state index contributed by atoms with van der Waals surface area (Å²) in [7, 11) is 1.74. The van der Waals surface area contributed by atoms with Crippen molar-refractivity contribution in [2.45, 2.75) is 24.6 Å². The monoisotopic (exact) mass is 294 g/mol. The fourth-order valence-corrected chi connectivity index (χ4v) is 2.63. The SMILES string of the molecule is CCOC(=O)C(C)(CSc1nc2ccccc2o1)NC. The van der Waals surface area contributed by atoms with Gasteiger partial charge in [-0.05, 0) is 33.0 Å². The van der Waals surface area contributed by atoms with E-state index in [4.69, 9.17) is 9.15 Å². The number of hydrogen-bond acceptors (Lipinski definition) is 6. The van der Waals surface area contributed by atoms with Crippen molar-refractivity contribution in [3.8, 4) is 0 Å². The van der Waals surface area contributed by atoms with Crippen molar-refractivity contribution < 1.29 is 13.9 Å². The summed E-state index contributed by atoms with van der Waals surface area (Å²) in [5.41, 5.74) is 0.802. The molecule has 0 aliphatic rings. The molecule has 20 heavy (non-hydrogen) atoms. The number of likely N-dealkylation sites (N-methyl/N-ethyl adjacent to an activating group) is 1. The summed E-state index contributed by atoms with van der Waals surface area (Å²) in [4.78, 5) is 16.3. The highest BCUT2D eigenvalue weighted by molar-refractivity contribution is 7.99. The quantitative estimate of drug-likeness (QED) is 0.652. The van der Waals surface area contributed by atoms with E-state index >= 15 is 0 Å². The number of carbonyl (C=O) groups is 1. The molecule has 0 radical (unpaired) electrons. The maximum absolute atomic E-state index is 11.9. The van der Waals surface area contributed by atoms with E-state index in [2.05, 4.69) is 10.3 Å². The topological polar surface area (TPSA) is 64.4 Å². The maximum atomic E-state index is 11.9. The highest BCUT2D eigenvalue weighted by atomic mass is 32.2. The smallest absolute Gasteiger partial charge is 0.326 e. The highest BCUT2D eigenvalue weighted by Gasteiger charge is 2.33. The van der Waals surface area contributed by atoms with E-state index in [1.807, 2.05) is 24.3 Å². The second-order valence-electron chi connectivity index (χ2n) is 4.54. The summed E-state index contributed by atoms with van der Waals surface area (Å²) in [6.07, 6.45) is 0. The number of carbonyl (C=O) groups excluding carboxylic acids is 1. The van der Waals surface area contributed by atoms with Crippen LogP contribution in [0.15, 0.2) is 33.9 Å². The number of benzene rings is 1. The zero-order valence-electron chi connectivity index (χ0n) is 11.8. The minimum atomic E-state index is -0.763. The molecule has 0 saturated heterocycles. The van der Waals surface area contributed by atoms with E-state index in [9.17, 15) is 4.79 Å². The lowest BCUT2D eigenvalue weighted by molar-refractivity contribution is -0.149. The van der Waals surface area contributed by atoms with Crippen LogP contribution in [0.5, 0.6) is 0 Å². The third kappa shape index (κ3) is 3.13. The fraction of sp³-hybridized carbons (Fsp3) is 0.429. The third-order valence-electron chi connectivity index (χ3n) is 3.04. The molecule has 1 N–H and O–H groups in total. The van der Waals surface area contributed by atoms with Crippen LogP contribution in [0.4, 0.5) is 0 Å². The molecule has 0 fully saturated rings. The molecule has 1 aromatic carbocycles. The molecule has 0 saturated carbocycles. The van der Waals surface area contributed by atoms with E-state index in [-0.39, 0.29) is 5.97 Å². The number of esters is 1. The second-order valence-corrected chi connectivity index (χ2v) is 5.47. The lowest BCUT2D eigenvalue weighted by atomic mass is 10.1. The molecule has 1 unspecified atom stereocenters. The summed E-state index contributed by atoms with van der Waals surface area (Å²) in [6, 6.07) is 7.58. The van der Waals surface area contributed by atoms with Gasteiger partial charge in [-0.15, -0.1) is 0 Å². The molecule has 0 aliphatic heterocycles. The van der Waals surface area contributed by atoms with Crippen molar-refractivity contribution in [1.82, 2.24) is 10.3 Å². The zero-order valence-corrected chi connectivity index (χ0v) is 12.6. The average Bonchev–Trinajstić information content (AvgIpc) is 2.88. The van der Waals surface area contributed by atoms with Gasteiger partial charge in [-0.3, -0.25) is 4.79 Å². The van der Waals surface area contributed by atoms with Gasteiger partial charge in [0.25, 0.3) is 5.22 Å². The first kappa shape index (κ1) is 14.9. The number of nitrogens with one attached hydrogen (secondary N) is 1. The van der Waals surface area contributed by atoms with E-state index in [0.29, 0.717) is 17.6 Å². The summed E-state index contributed by atoms with van der Waals surface area (Å²) < 4.78 is 10.7. The van der Waals surface area contributed by atoms with Gasteiger partial charge in [0, 0.05) is 5.75 Å². The van der Waals surface area contributed by atoms with Crippen LogP contribution in [-0.4, -0.2) is 35.9 Å². The van der Waals surface area contributed by atoms with Gasteiger partial charge in [0.05, 0.1) is 6.61 Å². The molecule has 5 nitrogen and oxygen atoms in total. The van der Waals surface area contributed by atoms with Crippen molar-refractivity contribution in [1.29, 1.82) is 0 Å². The summed E-state index contributed by atoms with van der Waals surface area (Å²) in [5.74, 6) is 0.209. The molecule has 0 aliphatic carbocycles. The largest absolute Gasteiger partial charge is 0.465 e. The third-order valence-corrected chi connectivity index (χ3v) is 4.18. The number of oxazole rings is 1. The number of aromatic nitrogens is 1. The van der Waals surface area contributed by atoms with Gasteiger partial charge < -0.3 is 14.5 Å². The fourth-order valence-electron chi connectivity index (χ4n) is 1.64. The minimum absolute atomic E-state index is 0.272. The second kappa shape index (κ2) is 6.28. The van der Waals surface area contributed by atoms with E-state index < -0.39 is 5.54 Å². The Balaban J connectivity index is 2.07. The summed E-state index contributed by atoms with van der Waals surface area (Å²) >= 11 is 1.39.